The molecule has 8 nitrogen and oxygen atoms in total. The minimum Gasteiger partial charge on any atom is -0.480 e. The van der Waals surface area contributed by atoms with E-state index in [1.54, 1.807) is 12.1 Å². The average molecular weight is 312 g/mol. The summed E-state index contributed by atoms with van der Waals surface area (Å²) in [5.74, 6) is -2.08. The molecule has 0 radical (unpaired) electrons. The highest BCUT2D eigenvalue weighted by Crippen LogP contribution is 2.34. The molecular formula is C12H12N2O6S. The van der Waals surface area contributed by atoms with Gasteiger partial charge in [0.15, 0.2) is 12.4 Å². The molecule has 0 saturated heterocycles. The number of carboxylic acid groups (broad SMARTS) is 2. The number of carbonyl (C=O) groups is 2. The van der Waals surface area contributed by atoms with Gasteiger partial charge in [-0.05, 0) is 16.6 Å². The van der Waals surface area contributed by atoms with E-state index in [0.29, 0.717) is 11.3 Å². The van der Waals surface area contributed by atoms with Gasteiger partial charge in [-0.3, -0.25) is 4.79 Å². The molecule has 2 aromatic heterocycles. The maximum atomic E-state index is 10.9. The Morgan fingerprint density at radius 3 is 2.81 bits per heavy atom. The minimum absolute atomic E-state index is 0.0579. The predicted octanol–water partition coefficient (Wildman–Crippen LogP) is 0.821. The number of hydrogen-bond acceptors (Lipinski definition) is 7. The summed E-state index contributed by atoms with van der Waals surface area (Å²) in [7, 11) is 0. The van der Waals surface area contributed by atoms with Gasteiger partial charge in [0.1, 0.15) is 6.04 Å². The van der Waals surface area contributed by atoms with Crippen LogP contribution >= 0.6 is 11.3 Å². The monoisotopic (exact) mass is 312 g/mol. The van der Waals surface area contributed by atoms with Crippen LogP contribution in [0.1, 0.15) is 5.56 Å². The Labute approximate surface area is 122 Å². The summed E-state index contributed by atoms with van der Waals surface area (Å²) in [5.41, 5.74) is 5.86. The second-order valence-corrected chi connectivity index (χ2v) is 5.05. The first kappa shape index (κ1) is 15.0. The number of aliphatic carboxylic acids is 2. The van der Waals surface area contributed by atoms with Crippen molar-refractivity contribution in [3.05, 3.63) is 23.1 Å². The number of aromatic nitrogens is 1. The molecule has 0 bridgehead atoms. The predicted molar refractivity (Wildman–Crippen MR) is 72.3 cm³/mol. The van der Waals surface area contributed by atoms with E-state index >= 15 is 0 Å². The zero-order valence-electron chi connectivity index (χ0n) is 10.7. The van der Waals surface area contributed by atoms with Gasteiger partial charge in [0, 0.05) is 6.42 Å². The highest BCUT2D eigenvalue weighted by atomic mass is 32.1. The Morgan fingerprint density at radius 1 is 1.48 bits per heavy atom. The lowest BCUT2D eigenvalue weighted by Gasteiger charge is -2.07. The molecule has 0 unspecified atom stereocenters. The molecule has 0 saturated carbocycles. The van der Waals surface area contributed by atoms with E-state index in [4.69, 9.17) is 25.2 Å². The summed E-state index contributed by atoms with van der Waals surface area (Å²) in [6, 6.07) is 2.39. The van der Waals surface area contributed by atoms with Gasteiger partial charge in [0.25, 0.3) is 5.88 Å². The molecule has 2 rings (SSSR count). The van der Waals surface area contributed by atoms with E-state index in [2.05, 4.69) is 5.16 Å². The zero-order chi connectivity index (χ0) is 15.4. The van der Waals surface area contributed by atoms with E-state index in [9.17, 15) is 9.59 Å². The molecule has 0 aromatic carbocycles. The van der Waals surface area contributed by atoms with Crippen LogP contribution in [0.15, 0.2) is 22.0 Å². The number of rotatable bonds is 7. The third-order valence-electron chi connectivity index (χ3n) is 2.57. The van der Waals surface area contributed by atoms with Gasteiger partial charge < -0.3 is 25.2 Å². The maximum absolute atomic E-state index is 10.9. The summed E-state index contributed by atoms with van der Waals surface area (Å²) in [5, 5.41) is 23.0. The molecule has 1 atom stereocenters. The van der Waals surface area contributed by atoms with E-state index < -0.39 is 24.6 Å². The first-order valence-corrected chi connectivity index (χ1v) is 6.72. The second-order valence-electron chi connectivity index (χ2n) is 4.10. The standard InChI is InChI=1S/C12H12N2O6S/c13-7(12(17)18)4-6-10(8-2-1-3-21-8)20-14-11(6)19-5-9(15)16/h1-3,7H,4-5,13H2,(H,15,16)(H,17,18)/t7-/m1/s1. The molecule has 2 aromatic rings. The molecule has 0 aliphatic carbocycles. The highest BCUT2D eigenvalue weighted by molar-refractivity contribution is 7.13. The van der Waals surface area contributed by atoms with Crippen LogP contribution in [-0.4, -0.2) is 40.0 Å². The van der Waals surface area contributed by atoms with Gasteiger partial charge in [-0.15, -0.1) is 11.3 Å². The van der Waals surface area contributed by atoms with Crippen LogP contribution in [0, 0.1) is 0 Å². The summed E-state index contributed by atoms with van der Waals surface area (Å²) >= 11 is 1.37. The van der Waals surface area contributed by atoms with Crippen molar-refractivity contribution >= 4 is 23.3 Å². The van der Waals surface area contributed by atoms with Gasteiger partial charge in [-0.25, -0.2) is 4.79 Å². The molecule has 112 valence electrons. The Morgan fingerprint density at radius 2 is 2.24 bits per heavy atom. The highest BCUT2D eigenvalue weighted by Gasteiger charge is 2.25. The average Bonchev–Trinajstić information content (AvgIpc) is 3.05. The van der Waals surface area contributed by atoms with Crippen LogP contribution in [-0.2, 0) is 16.0 Å². The van der Waals surface area contributed by atoms with Crippen LogP contribution in [0.5, 0.6) is 5.88 Å². The second kappa shape index (κ2) is 6.37. The van der Waals surface area contributed by atoms with Crippen LogP contribution in [0.4, 0.5) is 0 Å². The Kier molecular flexibility index (Phi) is 4.55. The van der Waals surface area contributed by atoms with Crippen LogP contribution in [0.2, 0.25) is 0 Å². The quantitative estimate of drug-likeness (QED) is 0.683. The molecule has 4 N–H and O–H groups in total. The van der Waals surface area contributed by atoms with Crippen LogP contribution in [0.25, 0.3) is 10.6 Å². The molecule has 21 heavy (non-hydrogen) atoms. The number of hydrogen-bond donors (Lipinski definition) is 3. The molecule has 0 spiro atoms. The van der Waals surface area contributed by atoms with Gasteiger partial charge in [-0.2, -0.15) is 0 Å². The van der Waals surface area contributed by atoms with Gasteiger partial charge in [0.05, 0.1) is 10.4 Å². The number of thiophene rings is 1. The summed E-state index contributed by atoms with van der Waals surface area (Å²) in [6.07, 6.45) is -0.0823. The molecule has 0 aliphatic rings. The number of nitrogens with zero attached hydrogens (tertiary/aromatic N) is 1. The number of nitrogens with two attached hydrogens (primary N) is 1. The lowest BCUT2D eigenvalue weighted by molar-refractivity contribution is -0.140. The van der Waals surface area contributed by atoms with Crippen molar-refractivity contribution < 1.29 is 29.1 Å². The fraction of sp³-hybridized carbons (Fsp3) is 0.250. The fourth-order valence-corrected chi connectivity index (χ4v) is 2.36. The molecule has 9 heteroatoms. The Balaban J connectivity index is 2.32. The van der Waals surface area contributed by atoms with Crippen molar-refractivity contribution in [3.63, 3.8) is 0 Å². The SMILES string of the molecule is N[C@H](Cc1c(OCC(=O)O)noc1-c1cccs1)C(=O)O. The molecule has 0 fully saturated rings. The van der Waals surface area contributed by atoms with Crippen LogP contribution in [0.3, 0.4) is 0 Å². The van der Waals surface area contributed by atoms with Crippen molar-refractivity contribution in [2.45, 2.75) is 12.5 Å². The molecule has 0 aliphatic heterocycles. The van der Waals surface area contributed by atoms with Crippen molar-refractivity contribution in [2.24, 2.45) is 5.73 Å². The van der Waals surface area contributed by atoms with Crippen molar-refractivity contribution in [2.75, 3.05) is 6.61 Å². The van der Waals surface area contributed by atoms with Gasteiger partial charge in [-0.1, -0.05) is 6.07 Å². The lowest BCUT2D eigenvalue weighted by atomic mass is 10.1. The normalized spacial score (nSPS) is 12.0. The maximum Gasteiger partial charge on any atom is 0.341 e. The summed E-state index contributed by atoms with van der Waals surface area (Å²) < 4.78 is 10.2. The lowest BCUT2D eigenvalue weighted by Crippen LogP contribution is -2.32. The Bertz CT molecular complexity index is 636. The smallest absolute Gasteiger partial charge is 0.341 e. The fourth-order valence-electron chi connectivity index (χ4n) is 1.63. The van der Waals surface area contributed by atoms with E-state index in [1.165, 1.54) is 11.3 Å². The largest absolute Gasteiger partial charge is 0.480 e. The zero-order valence-corrected chi connectivity index (χ0v) is 11.5. The molecule has 2 heterocycles. The van der Waals surface area contributed by atoms with Crippen molar-refractivity contribution in [3.8, 4) is 16.5 Å². The Hall–Kier alpha value is -2.39. The van der Waals surface area contributed by atoms with Crippen LogP contribution < -0.4 is 10.5 Å². The van der Waals surface area contributed by atoms with Gasteiger partial charge >= 0.3 is 11.9 Å². The third-order valence-corrected chi connectivity index (χ3v) is 3.44. The van der Waals surface area contributed by atoms with E-state index in [-0.39, 0.29) is 12.3 Å². The number of ether oxygens (including phenoxy) is 1. The van der Waals surface area contributed by atoms with E-state index in [1.807, 2.05) is 5.38 Å². The third kappa shape index (κ3) is 3.58. The molecule has 0 amide bonds. The van der Waals surface area contributed by atoms with Crippen molar-refractivity contribution in [1.29, 1.82) is 0 Å². The topological polar surface area (TPSA) is 136 Å². The van der Waals surface area contributed by atoms with Gasteiger partial charge in [0.2, 0.25) is 0 Å². The first-order chi connectivity index (χ1) is 9.99. The summed E-state index contributed by atoms with van der Waals surface area (Å²) in [6.45, 7) is -0.605. The summed E-state index contributed by atoms with van der Waals surface area (Å²) in [4.78, 5) is 22.2. The molecular weight excluding hydrogens is 300 g/mol. The van der Waals surface area contributed by atoms with E-state index in [0.717, 1.165) is 4.88 Å². The minimum atomic E-state index is -1.18. The first-order valence-electron chi connectivity index (χ1n) is 5.84. The van der Waals surface area contributed by atoms with Crippen molar-refractivity contribution in [1.82, 2.24) is 5.16 Å². The number of carboxylic acids is 2.